The number of ether oxygens (including phenoxy) is 2. The molecule has 4 heteroatoms. The van der Waals surface area contributed by atoms with Gasteiger partial charge in [-0.25, -0.2) is 0 Å². The van der Waals surface area contributed by atoms with Gasteiger partial charge in [0.2, 0.25) is 0 Å². The van der Waals surface area contributed by atoms with Gasteiger partial charge in [-0.15, -0.1) is 0 Å². The molecule has 1 saturated heterocycles. The molecule has 0 N–H and O–H groups in total. The summed E-state index contributed by atoms with van der Waals surface area (Å²) in [5.74, 6) is 1.51. The van der Waals surface area contributed by atoms with Crippen molar-refractivity contribution in [1.29, 1.82) is 0 Å². The maximum atomic E-state index is 12.7. The highest BCUT2D eigenvalue weighted by Crippen LogP contribution is 2.49. The molecule has 0 aromatic heterocycles. The van der Waals surface area contributed by atoms with Gasteiger partial charge in [0.05, 0.1) is 13.7 Å². The highest BCUT2D eigenvalue weighted by molar-refractivity contribution is 5.94. The number of likely N-dealkylation sites (tertiary alicyclic amines) is 1. The summed E-state index contributed by atoms with van der Waals surface area (Å²) in [5, 5.41) is 0. The summed E-state index contributed by atoms with van der Waals surface area (Å²) in [6, 6.07) is 7.40. The number of rotatable bonds is 5. The van der Waals surface area contributed by atoms with Crippen molar-refractivity contribution < 1.29 is 14.3 Å². The Hall–Kier alpha value is -1.55. The molecule has 1 amide bonds. The van der Waals surface area contributed by atoms with Crippen LogP contribution in [0.5, 0.6) is 5.75 Å². The van der Waals surface area contributed by atoms with E-state index >= 15 is 0 Å². The van der Waals surface area contributed by atoms with Crippen molar-refractivity contribution in [3.8, 4) is 5.75 Å². The summed E-state index contributed by atoms with van der Waals surface area (Å²) in [6.45, 7) is 5.29. The van der Waals surface area contributed by atoms with Gasteiger partial charge in [-0.3, -0.25) is 4.79 Å². The minimum atomic E-state index is 0.132. The van der Waals surface area contributed by atoms with E-state index in [1.165, 1.54) is 19.3 Å². The average Bonchev–Trinajstić information content (AvgIpc) is 3.09. The Kier molecular flexibility index (Phi) is 4.39. The second-order valence-corrected chi connectivity index (χ2v) is 6.50. The number of carbonyl (C=O) groups excluding carboxylic acids is 1. The first-order valence-electron chi connectivity index (χ1n) is 8.19. The van der Waals surface area contributed by atoms with E-state index in [2.05, 4.69) is 0 Å². The lowest BCUT2D eigenvalue weighted by Gasteiger charge is -2.28. The van der Waals surface area contributed by atoms with Gasteiger partial charge in [0.1, 0.15) is 5.75 Å². The fourth-order valence-electron chi connectivity index (χ4n) is 4.03. The SMILES string of the molecule is CCOC[C@@]12CCC[C@@H]1CN(C(=O)c1ccc(OC)cc1)C2. The molecule has 4 nitrogen and oxygen atoms in total. The van der Waals surface area contributed by atoms with Crippen molar-refractivity contribution in [2.45, 2.75) is 26.2 Å². The summed E-state index contributed by atoms with van der Waals surface area (Å²) in [7, 11) is 1.63. The average molecular weight is 303 g/mol. The summed E-state index contributed by atoms with van der Waals surface area (Å²) in [4.78, 5) is 14.8. The fourth-order valence-corrected chi connectivity index (χ4v) is 4.03. The van der Waals surface area contributed by atoms with Gasteiger partial charge in [0.25, 0.3) is 5.91 Å². The zero-order valence-electron chi connectivity index (χ0n) is 13.5. The van der Waals surface area contributed by atoms with Crippen LogP contribution in [-0.4, -0.2) is 44.2 Å². The smallest absolute Gasteiger partial charge is 0.253 e. The Morgan fingerprint density at radius 3 is 2.82 bits per heavy atom. The zero-order valence-corrected chi connectivity index (χ0v) is 13.5. The van der Waals surface area contributed by atoms with Crippen LogP contribution in [0.2, 0.25) is 0 Å². The molecule has 1 aromatic carbocycles. The standard InChI is InChI=1S/C18H25NO3/c1-3-22-13-18-10-4-5-15(18)11-19(12-18)17(20)14-6-8-16(21-2)9-7-14/h6-9,15H,3-5,10-13H2,1-2H3/t15-,18+/m1/s1. The lowest BCUT2D eigenvalue weighted by molar-refractivity contribution is 0.0419. The predicted molar refractivity (Wildman–Crippen MR) is 85.2 cm³/mol. The van der Waals surface area contributed by atoms with Crippen molar-refractivity contribution >= 4 is 5.91 Å². The molecule has 0 spiro atoms. The molecule has 2 fully saturated rings. The van der Waals surface area contributed by atoms with Crippen LogP contribution in [0.1, 0.15) is 36.5 Å². The number of amides is 1. The zero-order chi connectivity index (χ0) is 15.6. The van der Waals surface area contributed by atoms with Gasteiger partial charge in [0.15, 0.2) is 0 Å². The Morgan fingerprint density at radius 2 is 2.14 bits per heavy atom. The van der Waals surface area contributed by atoms with Gasteiger partial charge < -0.3 is 14.4 Å². The van der Waals surface area contributed by atoms with Gasteiger partial charge in [-0.05, 0) is 49.9 Å². The molecule has 0 radical (unpaired) electrons. The van der Waals surface area contributed by atoms with Crippen LogP contribution >= 0.6 is 0 Å². The molecule has 2 aliphatic rings. The van der Waals surface area contributed by atoms with Crippen molar-refractivity contribution in [1.82, 2.24) is 4.90 Å². The molecule has 22 heavy (non-hydrogen) atoms. The molecule has 3 rings (SSSR count). The second kappa shape index (κ2) is 6.29. The first-order chi connectivity index (χ1) is 10.7. The summed E-state index contributed by atoms with van der Waals surface area (Å²) in [5.41, 5.74) is 0.936. The molecule has 1 saturated carbocycles. The van der Waals surface area contributed by atoms with Gasteiger partial charge >= 0.3 is 0 Å². The van der Waals surface area contributed by atoms with Gasteiger partial charge in [-0.1, -0.05) is 6.42 Å². The molecule has 1 aromatic rings. The van der Waals surface area contributed by atoms with Crippen molar-refractivity contribution in [2.24, 2.45) is 11.3 Å². The quantitative estimate of drug-likeness (QED) is 0.839. The first-order valence-corrected chi connectivity index (χ1v) is 8.19. The van der Waals surface area contributed by atoms with E-state index in [9.17, 15) is 4.79 Å². The number of hydrogen-bond acceptors (Lipinski definition) is 3. The maximum Gasteiger partial charge on any atom is 0.253 e. The van der Waals surface area contributed by atoms with Crippen molar-refractivity contribution in [3.63, 3.8) is 0 Å². The van der Waals surface area contributed by atoms with Gasteiger partial charge in [-0.2, -0.15) is 0 Å². The van der Waals surface area contributed by atoms with Crippen LogP contribution in [-0.2, 0) is 4.74 Å². The fraction of sp³-hybridized carbons (Fsp3) is 0.611. The highest BCUT2D eigenvalue weighted by atomic mass is 16.5. The molecule has 2 atom stereocenters. The number of nitrogens with zero attached hydrogens (tertiary/aromatic N) is 1. The minimum Gasteiger partial charge on any atom is -0.497 e. The minimum absolute atomic E-state index is 0.132. The van der Waals surface area contributed by atoms with E-state index in [4.69, 9.17) is 9.47 Å². The van der Waals surface area contributed by atoms with Crippen LogP contribution in [0.3, 0.4) is 0 Å². The molecular formula is C18H25NO3. The second-order valence-electron chi connectivity index (χ2n) is 6.50. The summed E-state index contributed by atoms with van der Waals surface area (Å²) in [6.07, 6.45) is 3.67. The Bertz CT molecular complexity index is 528. The molecular weight excluding hydrogens is 278 g/mol. The van der Waals surface area contributed by atoms with Crippen LogP contribution in [0.4, 0.5) is 0 Å². The Morgan fingerprint density at radius 1 is 1.36 bits per heavy atom. The summed E-state index contributed by atoms with van der Waals surface area (Å²) < 4.78 is 10.9. The topological polar surface area (TPSA) is 38.8 Å². The van der Waals surface area contributed by atoms with Crippen LogP contribution < -0.4 is 4.74 Å². The van der Waals surface area contributed by atoms with E-state index in [0.717, 1.165) is 37.6 Å². The van der Waals surface area contributed by atoms with E-state index < -0.39 is 0 Å². The predicted octanol–water partition coefficient (Wildman–Crippen LogP) is 2.97. The van der Waals surface area contributed by atoms with E-state index in [1.807, 2.05) is 36.1 Å². The number of benzene rings is 1. The normalized spacial score (nSPS) is 27.0. The molecule has 0 bridgehead atoms. The monoisotopic (exact) mass is 303 g/mol. The molecule has 0 unspecified atom stereocenters. The Balaban J connectivity index is 1.71. The lowest BCUT2D eigenvalue weighted by Crippen LogP contribution is -2.34. The first kappa shape index (κ1) is 15.3. The molecule has 1 heterocycles. The highest BCUT2D eigenvalue weighted by Gasteiger charge is 2.50. The van der Waals surface area contributed by atoms with Crippen molar-refractivity contribution in [3.05, 3.63) is 29.8 Å². The number of carbonyl (C=O) groups is 1. The third-order valence-corrected chi connectivity index (χ3v) is 5.26. The summed E-state index contributed by atoms with van der Waals surface area (Å²) >= 11 is 0. The largest absolute Gasteiger partial charge is 0.497 e. The van der Waals surface area contributed by atoms with E-state index in [-0.39, 0.29) is 11.3 Å². The Labute approximate surface area is 132 Å². The van der Waals surface area contributed by atoms with Crippen LogP contribution in [0, 0.1) is 11.3 Å². The molecule has 120 valence electrons. The number of methoxy groups -OCH3 is 1. The van der Waals surface area contributed by atoms with Gasteiger partial charge in [0, 0.05) is 30.7 Å². The van der Waals surface area contributed by atoms with Crippen LogP contribution in [0.25, 0.3) is 0 Å². The number of fused-ring (bicyclic) bond motifs is 1. The van der Waals surface area contributed by atoms with E-state index in [1.54, 1.807) is 7.11 Å². The molecule has 1 aliphatic heterocycles. The van der Waals surface area contributed by atoms with Crippen molar-refractivity contribution in [2.75, 3.05) is 33.4 Å². The maximum absolute atomic E-state index is 12.7. The lowest BCUT2D eigenvalue weighted by atomic mass is 9.82. The van der Waals surface area contributed by atoms with Crippen LogP contribution in [0.15, 0.2) is 24.3 Å². The van der Waals surface area contributed by atoms with E-state index in [0.29, 0.717) is 5.92 Å². The third kappa shape index (κ3) is 2.72. The number of hydrogen-bond donors (Lipinski definition) is 0. The third-order valence-electron chi connectivity index (χ3n) is 5.26. The molecule has 1 aliphatic carbocycles.